The molecule has 0 saturated carbocycles. The Bertz CT molecular complexity index is 497. The summed E-state index contributed by atoms with van der Waals surface area (Å²) in [7, 11) is 0. The lowest BCUT2D eigenvalue weighted by atomic mass is 10.1. The van der Waals surface area contributed by atoms with Crippen LogP contribution in [0.2, 0.25) is 0 Å². The molecule has 19 heavy (non-hydrogen) atoms. The number of carboxylic acid groups (broad SMARTS) is 1. The van der Waals surface area contributed by atoms with Gasteiger partial charge in [0.25, 0.3) is 0 Å². The van der Waals surface area contributed by atoms with Gasteiger partial charge in [-0.25, -0.2) is 4.79 Å². The number of carbonyl (C=O) groups excluding carboxylic acids is 1. The minimum Gasteiger partial charge on any atom is -0.478 e. The minimum absolute atomic E-state index is 0.000301. The number of carboxylic acids is 1. The summed E-state index contributed by atoms with van der Waals surface area (Å²) in [6.45, 7) is 1.54. The summed E-state index contributed by atoms with van der Waals surface area (Å²) in [6, 6.07) is 4.39. The Kier molecular flexibility index (Phi) is 4.52. The van der Waals surface area contributed by atoms with Gasteiger partial charge in [0.05, 0.1) is 17.7 Å². The van der Waals surface area contributed by atoms with E-state index in [-0.39, 0.29) is 11.3 Å². The third kappa shape index (κ3) is 4.61. The van der Waals surface area contributed by atoms with Crippen LogP contribution in [0.5, 0.6) is 0 Å². The van der Waals surface area contributed by atoms with Crippen molar-refractivity contribution in [2.75, 3.05) is 5.32 Å². The standard InChI is InChI=1S/C12H12F3NO3/c1-7-3-2-4-8(10(7)11(18)19)16-9(17)5-6-12(13,14)15/h2-4H,5-6H2,1H3,(H,16,17)(H,18,19). The molecule has 0 unspecified atom stereocenters. The van der Waals surface area contributed by atoms with Crippen LogP contribution in [0.3, 0.4) is 0 Å². The van der Waals surface area contributed by atoms with Gasteiger partial charge in [-0.3, -0.25) is 4.79 Å². The van der Waals surface area contributed by atoms with Crippen molar-refractivity contribution in [1.29, 1.82) is 0 Å². The molecule has 0 aliphatic carbocycles. The highest BCUT2D eigenvalue weighted by Gasteiger charge is 2.28. The smallest absolute Gasteiger partial charge is 0.389 e. The molecule has 0 atom stereocenters. The van der Waals surface area contributed by atoms with Crippen LogP contribution in [0.15, 0.2) is 18.2 Å². The summed E-state index contributed by atoms with van der Waals surface area (Å²) in [4.78, 5) is 22.4. The summed E-state index contributed by atoms with van der Waals surface area (Å²) < 4.78 is 35.9. The fraction of sp³-hybridized carbons (Fsp3) is 0.333. The zero-order chi connectivity index (χ0) is 14.6. The van der Waals surface area contributed by atoms with E-state index < -0.39 is 30.9 Å². The lowest BCUT2D eigenvalue weighted by Gasteiger charge is -2.11. The molecule has 1 aromatic rings. The predicted octanol–water partition coefficient (Wildman–Crippen LogP) is 2.97. The SMILES string of the molecule is Cc1cccc(NC(=O)CCC(F)(F)F)c1C(=O)O. The number of hydrogen-bond donors (Lipinski definition) is 2. The van der Waals surface area contributed by atoms with E-state index in [1.807, 2.05) is 0 Å². The molecule has 0 saturated heterocycles. The summed E-state index contributed by atoms with van der Waals surface area (Å²) in [5, 5.41) is 11.2. The first-order chi connectivity index (χ1) is 8.70. The maximum atomic E-state index is 12.0. The monoisotopic (exact) mass is 275 g/mol. The molecule has 0 spiro atoms. The Labute approximate surface area is 107 Å². The minimum atomic E-state index is -4.42. The molecule has 1 aromatic carbocycles. The number of nitrogens with one attached hydrogen (secondary N) is 1. The number of rotatable bonds is 4. The van der Waals surface area contributed by atoms with E-state index in [0.717, 1.165) is 0 Å². The summed E-state index contributed by atoms with van der Waals surface area (Å²) in [5.74, 6) is -2.12. The highest BCUT2D eigenvalue weighted by molar-refractivity contribution is 6.01. The topological polar surface area (TPSA) is 66.4 Å². The van der Waals surface area contributed by atoms with Crippen LogP contribution in [0, 0.1) is 6.92 Å². The van der Waals surface area contributed by atoms with Crippen LogP contribution in [-0.2, 0) is 4.79 Å². The average Bonchev–Trinajstić information content (AvgIpc) is 2.25. The first-order valence-corrected chi connectivity index (χ1v) is 5.40. The van der Waals surface area contributed by atoms with Crippen LogP contribution in [0.4, 0.5) is 18.9 Å². The Morgan fingerprint density at radius 2 is 1.95 bits per heavy atom. The van der Waals surface area contributed by atoms with Crippen LogP contribution in [-0.4, -0.2) is 23.2 Å². The van der Waals surface area contributed by atoms with Gasteiger partial charge in [0.15, 0.2) is 0 Å². The van der Waals surface area contributed by atoms with E-state index in [0.29, 0.717) is 5.56 Å². The average molecular weight is 275 g/mol. The van der Waals surface area contributed by atoms with Crippen molar-refractivity contribution < 1.29 is 27.9 Å². The molecular formula is C12H12F3NO3. The largest absolute Gasteiger partial charge is 0.478 e. The lowest BCUT2D eigenvalue weighted by Crippen LogP contribution is -2.18. The first kappa shape index (κ1) is 15.0. The van der Waals surface area contributed by atoms with Crippen molar-refractivity contribution in [3.8, 4) is 0 Å². The van der Waals surface area contributed by atoms with E-state index in [9.17, 15) is 22.8 Å². The van der Waals surface area contributed by atoms with E-state index in [1.165, 1.54) is 25.1 Å². The van der Waals surface area contributed by atoms with Gasteiger partial charge in [-0.1, -0.05) is 12.1 Å². The number of anilines is 1. The molecule has 0 bridgehead atoms. The molecule has 0 aliphatic heterocycles. The molecule has 0 heterocycles. The van der Waals surface area contributed by atoms with Gasteiger partial charge in [-0.15, -0.1) is 0 Å². The fourth-order valence-corrected chi connectivity index (χ4v) is 1.52. The van der Waals surface area contributed by atoms with Crippen LogP contribution < -0.4 is 5.32 Å². The van der Waals surface area contributed by atoms with Gasteiger partial charge in [0, 0.05) is 6.42 Å². The summed E-state index contributed by atoms with van der Waals surface area (Å²) >= 11 is 0. The molecule has 1 rings (SSSR count). The molecule has 7 heteroatoms. The number of alkyl halides is 3. The van der Waals surface area contributed by atoms with Gasteiger partial charge in [-0.05, 0) is 18.6 Å². The summed E-state index contributed by atoms with van der Waals surface area (Å²) in [5.41, 5.74) is 0.295. The number of aryl methyl sites for hydroxylation is 1. The quantitative estimate of drug-likeness (QED) is 0.887. The zero-order valence-corrected chi connectivity index (χ0v) is 10.0. The molecule has 0 aliphatic rings. The van der Waals surface area contributed by atoms with E-state index in [1.54, 1.807) is 0 Å². The summed E-state index contributed by atoms with van der Waals surface area (Å²) in [6.07, 6.45) is -6.40. The van der Waals surface area contributed by atoms with Crippen LogP contribution in [0.1, 0.15) is 28.8 Å². The Balaban J connectivity index is 2.80. The van der Waals surface area contributed by atoms with Gasteiger partial charge >= 0.3 is 12.1 Å². The van der Waals surface area contributed by atoms with Crippen molar-refractivity contribution in [1.82, 2.24) is 0 Å². The maximum Gasteiger partial charge on any atom is 0.389 e. The van der Waals surface area contributed by atoms with Crippen molar-refractivity contribution >= 4 is 17.6 Å². The maximum absolute atomic E-state index is 12.0. The van der Waals surface area contributed by atoms with E-state index in [2.05, 4.69) is 5.32 Å². The number of hydrogen-bond acceptors (Lipinski definition) is 2. The van der Waals surface area contributed by atoms with Crippen molar-refractivity contribution in [2.45, 2.75) is 25.9 Å². The second-order valence-electron chi connectivity index (χ2n) is 3.97. The third-order valence-corrected chi connectivity index (χ3v) is 2.40. The second-order valence-corrected chi connectivity index (χ2v) is 3.97. The highest BCUT2D eigenvalue weighted by Crippen LogP contribution is 2.23. The van der Waals surface area contributed by atoms with Crippen LogP contribution in [0.25, 0.3) is 0 Å². The van der Waals surface area contributed by atoms with Gasteiger partial charge < -0.3 is 10.4 Å². The molecule has 104 valence electrons. The molecule has 1 amide bonds. The molecule has 0 fully saturated rings. The number of amides is 1. The van der Waals surface area contributed by atoms with Crippen LogP contribution >= 0.6 is 0 Å². The van der Waals surface area contributed by atoms with Gasteiger partial charge in [0.1, 0.15) is 0 Å². The van der Waals surface area contributed by atoms with E-state index >= 15 is 0 Å². The van der Waals surface area contributed by atoms with Gasteiger partial charge in [-0.2, -0.15) is 13.2 Å². The fourth-order valence-electron chi connectivity index (χ4n) is 1.52. The highest BCUT2D eigenvalue weighted by atomic mass is 19.4. The first-order valence-electron chi connectivity index (χ1n) is 5.40. The Hall–Kier alpha value is -2.05. The normalized spacial score (nSPS) is 11.2. The second kappa shape index (κ2) is 5.73. The number of benzene rings is 1. The Morgan fingerprint density at radius 3 is 2.47 bits per heavy atom. The number of aromatic carboxylic acids is 1. The predicted molar refractivity (Wildman–Crippen MR) is 62.1 cm³/mol. The molecule has 0 radical (unpaired) electrons. The number of carbonyl (C=O) groups is 2. The lowest BCUT2D eigenvalue weighted by molar-refractivity contribution is -0.142. The van der Waals surface area contributed by atoms with Crippen molar-refractivity contribution in [2.24, 2.45) is 0 Å². The number of halogens is 3. The molecule has 0 aromatic heterocycles. The molecule has 2 N–H and O–H groups in total. The van der Waals surface area contributed by atoms with E-state index in [4.69, 9.17) is 5.11 Å². The third-order valence-electron chi connectivity index (χ3n) is 2.40. The van der Waals surface area contributed by atoms with Crippen molar-refractivity contribution in [3.63, 3.8) is 0 Å². The zero-order valence-electron chi connectivity index (χ0n) is 10.0. The van der Waals surface area contributed by atoms with Crippen molar-refractivity contribution in [3.05, 3.63) is 29.3 Å². The molecule has 4 nitrogen and oxygen atoms in total. The Morgan fingerprint density at radius 1 is 1.32 bits per heavy atom. The van der Waals surface area contributed by atoms with Gasteiger partial charge in [0.2, 0.25) is 5.91 Å². The molecular weight excluding hydrogens is 263 g/mol.